The van der Waals surface area contributed by atoms with E-state index in [2.05, 4.69) is 26.0 Å². The van der Waals surface area contributed by atoms with Gasteiger partial charge in [-0.3, -0.25) is 0 Å². The Bertz CT molecular complexity index is 920. The van der Waals surface area contributed by atoms with E-state index in [0.29, 0.717) is 5.75 Å². The molecule has 1 rings (SSSR count). The van der Waals surface area contributed by atoms with Crippen molar-refractivity contribution in [2.45, 2.75) is 335 Å². The molecule has 0 bridgehead atoms. The van der Waals surface area contributed by atoms with Crippen molar-refractivity contribution in [2.24, 2.45) is 0 Å². The van der Waals surface area contributed by atoms with Gasteiger partial charge in [-0.05, 0) is 42.9 Å². The van der Waals surface area contributed by atoms with E-state index in [0.717, 1.165) is 12.8 Å². The van der Waals surface area contributed by atoms with Crippen molar-refractivity contribution < 1.29 is 5.11 Å². The molecule has 0 aromatic heterocycles. The molecule has 0 atom stereocenters. The molecule has 348 valence electrons. The summed E-state index contributed by atoms with van der Waals surface area (Å²) in [5.41, 5.74) is 2.65. The predicted molar refractivity (Wildman–Crippen MR) is 268 cm³/mol. The number of hydrogen-bond acceptors (Lipinski definition) is 1. The van der Waals surface area contributed by atoms with E-state index in [1.807, 2.05) is 6.07 Å². The zero-order valence-electron chi connectivity index (χ0n) is 41.0. The SMILES string of the molecule is CCCCCCCCCCCCCCCCCCCCCCCCCCCCCCCCCCCCCCCCc1cccc(O)c1CCCCCCCCCCCC. The maximum absolute atomic E-state index is 10.6. The van der Waals surface area contributed by atoms with Crippen LogP contribution in [-0.2, 0) is 12.8 Å². The van der Waals surface area contributed by atoms with Gasteiger partial charge in [-0.25, -0.2) is 0 Å². The Kier molecular flexibility index (Phi) is 45.6. The fraction of sp³-hybridized carbons (Fsp3) is 0.897. The number of unbranched alkanes of at least 4 members (excludes halogenated alkanes) is 46. The van der Waals surface area contributed by atoms with Gasteiger partial charge in [0.2, 0.25) is 0 Å². The summed E-state index contributed by atoms with van der Waals surface area (Å²) < 4.78 is 0. The first-order valence-electron chi connectivity index (χ1n) is 28.1. The summed E-state index contributed by atoms with van der Waals surface area (Å²) in [7, 11) is 0. The van der Waals surface area contributed by atoms with E-state index in [9.17, 15) is 5.11 Å². The first-order chi connectivity index (χ1) is 29.3. The predicted octanol–water partition coefficient (Wildman–Crippen LogP) is 21.2. The Labute approximate surface area is 373 Å². The average molecular weight is 824 g/mol. The number of phenolic OH excluding ortho intramolecular Hbond substituents is 1. The summed E-state index contributed by atoms with van der Waals surface area (Å²) in [6.45, 7) is 4.61. The van der Waals surface area contributed by atoms with Gasteiger partial charge in [-0.2, -0.15) is 0 Å². The molecule has 0 aliphatic rings. The normalized spacial score (nSPS) is 11.6. The molecule has 0 unspecified atom stereocenters. The van der Waals surface area contributed by atoms with Gasteiger partial charge >= 0.3 is 0 Å². The molecular formula is C58H110O. The Morgan fingerprint density at radius 1 is 0.254 bits per heavy atom. The van der Waals surface area contributed by atoms with Crippen LogP contribution in [0.15, 0.2) is 18.2 Å². The van der Waals surface area contributed by atoms with Crippen LogP contribution in [0.3, 0.4) is 0 Å². The number of aromatic hydroxyl groups is 1. The summed E-state index contributed by atoms with van der Waals surface area (Å²) in [6, 6.07) is 6.23. The van der Waals surface area contributed by atoms with Gasteiger partial charge in [0.25, 0.3) is 0 Å². The minimum absolute atomic E-state index is 0.537. The van der Waals surface area contributed by atoms with Gasteiger partial charge in [0.05, 0.1) is 0 Å². The molecule has 0 heterocycles. The molecule has 0 saturated heterocycles. The van der Waals surface area contributed by atoms with Crippen molar-refractivity contribution in [3.63, 3.8) is 0 Å². The van der Waals surface area contributed by atoms with Gasteiger partial charge in [0.1, 0.15) is 5.75 Å². The smallest absolute Gasteiger partial charge is 0.119 e. The largest absolute Gasteiger partial charge is 0.508 e. The highest BCUT2D eigenvalue weighted by Gasteiger charge is 2.08. The third-order valence-corrected chi connectivity index (χ3v) is 13.8. The minimum atomic E-state index is 0.537. The maximum Gasteiger partial charge on any atom is 0.119 e. The van der Waals surface area contributed by atoms with Crippen molar-refractivity contribution in [3.05, 3.63) is 29.3 Å². The second kappa shape index (κ2) is 48.1. The maximum atomic E-state index is 10.6. The number of benzene rings is 1. The van der Waals surface area contributed by atoms with Crippen LogP contribution in [0, 0.1) is 0 Å². The van der Waals surface area contributed by atoms with Crippen LogP contribution in [0.5, 0.6) is 5.75 Å². The molecule has 0 aliphatic carbocycles. The van der Waals surface area contributed by atoms with Crippen LogP contribution in [0.1, 0.15) is 333 Å². The molecule has 0 spiro atoms. The highest BCUT2D eigenvalue weighted by atomic mass is 16.3. The molecule has 0 fully saturated rings. The summed E-state index contributed by atoms with van der Waals surface area (Å²) in [5, 5.41) is 10.6. The van der Waals surface area contributed by atoms with Gasteiger partial charge in [-0.1, -0.05) is 321 Å². The first kappa shape index (κ1) is 56.0. The van der Waals surface area contributed by atoms with Crippen molar-refractivity contribution in [2.75, 3.05) is 0 Å². The van der Waals surface area contributed by atoms with Crippen LogP contribution in [0.2, 0.25) is 0 Å². The molecule has 59 heavy (non-hydrogen) atoms. The van der Waals surface area contributed by atoms with Crippen LogP contribution in [-0.4, -0.2) is 5.11 Å². The first-order valence-corrected chi connectivity index (χ1v) is 28.1. The second-order valence-corrected chi connectivity index (χ2v) is 19.7. The number of aryl methyl sites for hydroxylation is 1. The standard InChI is InChI=1S/C58H110O/c1-3-5-7-9-11-13-15-16-17-18-19-20-21-22-23-24-25-26-27-28-29-30-31-32-33-34-35-36-37-38-39-40-41-42-43-45-47-49-52-56-53-51-55-58(59)57(56)54-50-48-46-44-14-12-10-8-6-4-2/h51,53,55,59H,3-50,52,54H2,1-2H3. The van der Waals surface area contributed by atoms with Gasteiger partial charge in [0.15, 0.2) is 0 Å². The molecule has 1 aromatic carbocycles. The topological polar surface area (TPSA) is 20.2 Å². The zero-order valence-corrected chi connectivity index (χ0v) is 41.0. The van der Waals surface area contributed by atoms with Crippen molar-refractivity contribution in [1.29, 1.82) is 0 Å². The van der Waals surface area contributed by atoms with Crippen molar-refractivity contribution in [3.8, 4) is 5.75 Å². The summed E-state index contributed by atoms with van der Waals surface area (Å²) in [4.78, 5) is 0. The Morgan fingerprint density at radius 3 is 0.695 bits per heavy atom. The fourth-order valence-electron chi connectivity index (χ4n) is 9.69. The van der Waals surface area contributed by atoms with Crippen molar-refractivity contribution >= 4 is 0 Å². The average Bonchev–Trinajstić information content (AvgIpc) is 3.24. The number of phenols is 1. The van der Waals surface area contributed by atoms with Crippen LogP contribution in [0.4, 0.5) is 0 Å². The van der Waals surface area contributed by atoms with Crippen molar-refractivity contribution in [1.82, 2.24) is 0 Å². The summed E-state index contributed by atoms with van der Waals surface area (Å²) in [6.07, 6.45) is 71.4. The third-order valence-electron chi connectivity index (χ3n) is 13.8. The Balaban J connectivity index is 1.75. The van der Waals surface area contributed by atoms with Crippen LogP contribution < -0.4 is 0 Å². The van der Waals surface area contributed by atoms with E-state index in [1.165, 1.54) is 319 Å². The fourth-order valence-corrected chi connectivity index (χ4v) is 9.69. The monoisotopic (exact) mass is 823 g/mol. The lowest BCUT2D eigenvalue weighted by Crippen LogP contribution is -1.96. The molecule has 1 nitrogen and oxygen atoms in total. The van der Waals surface area contributed by atoms with Crippen LogP contribution >= 0.6 is 0 Å². The number of rotatable bonds is 50. The molecule has 0 saturated carbocycles. The quantitative estimate of drug-likeness (QED) is 0.0649. The van der Waals surface area contributed by atoms with Crippen LogP contribution in [0.25, 0.3) is 0 Å². The zero-order chi connectivity index (χ0) is 42.2. The Morgan fingerprint density at radius 2 is 0.458 bits per heavy atom. The highest BCUT2D eigenvalue weighted by molar-refractivity contribution is 5.39. The van der Waals surface area contributed by atoms with E-state index < -0.39 is 0 Å². The summed E-state index contributed by atoms with van der Waals surface area (Å²) in [5.74, 6) is 0.537. The minimum Gasteiger partial charge on any atom is -0.508 e. The third kappa shape index (κ3) is 40.8. The molecule has 1 aromatic rings. The van der Waals surface area contributed by atoms with Gasteiger partial charge < -0.3 is 5.11 Å². The Hall–Kier alpha value is -0.980. The van der Waals surface area contributed by atoms with Gasteiger partial charge in [-0.15, -0.1) is 0 Å². The lowest BCUT2D eigenvalue weighted by molar-refractivity contribution is 0.464. The lowest BCUT2D eigenvalue weighted by atomic mass is 9.95. The highest BCUT2D eigenvalue weighted by Crippen LogP contribution is 2.26. The van der Waals surface area contributed by atoms with E-state index in [1.54, 1.807) is 0 Å². The lowest BCUT2D eigenvalue weighted by Gasteiger charge is -2.12. The van der Waals surface area contributed by atoms with E-state index in [-0.39, 0.29) is 0 Å². The van der Waals surface area contributed by atoms with E-state index in [4.69, 9.17) is 0 Å². The molecule has 1 N–H and O–H groups in total. The molecule has 0 radical (unpaired) electrons. The molecular weight excluding hydrogens is 713 g/mol. The summed E-state index contributed by atoms with van der Waals surface area (Å²) >= 11 is 0. The second-order valence-electron chi connectivity index (χ2n) is 19.7. The molecule has 1 heteroatoms. The number of hydrogen-bond donors (Lipinski definition) is 1. The van der Waals surface area contributed by atoms with Gasteiger partial charge in [0, 0.05) is 0 Å². The van der Waals surface area contributed by atoms with E-state index >= 15 is 0 Å². The molecule has 0 amide bonds. The molecule has 0 aliphatic heterocycles.